The summed E-state index contributed by atoms with van der Waals surface area (Å²) in [4.78, 5) is 1.37. The summed E-state index contributed by atoms with van der Waals surface area (Å²) < 4.78 is 2.45. The van der Waals surface area contributed by atoms with Crippen LogP contribution >= 0.6 is 49.9 Å². The lowest BCUT2D eigenvalue weighted by Crippen LogP contribution is -2.17. The molecule has 0 aliphatic carbocycles. The Kier molecular flexibility index (Phi) is 5.02. The molecule has 1 aromatic heterocycles. The first kappa shape index (κ1) is 13.5. The highest BCUT2D eigenvalue weighted by molar-refractivity contribution is 14.1. The van der Waals surface area contributed by atoms with Crippen LogP contribution in [0.25, 0.3) is 0 Å². The van der Waals surface area contributed by atoms with Crippen molar-refractivity contribution >= 4 is 49.9 Å². The minimum absolute atomic E-state index is 0.395. The molecule has 17 heavy (non-hydrogen) atoms. The summed E-state index contributed by atoms with van der Waals surface area (Å²) in [5, 5.41) is 5.52. The monoisotopic (exact) mass is 421 g/mol. The van der Waals surface area contributed by atoms with E-state index in [1.54, 1.807) is 11.3 Å². The largest absolute Gasteiger partial charge is 0.312 e. The Labute approximate surface area is 128 Å². The number of halogens is 2. The first-order valence-corrected chi connectivity index (χ1v) is 8.10. The molecule has 0 aliphatic heterocycles. The maximum atomic E-state index is 3.51. The third kappa shape index (κ3) is 3.77. The van der Waals surface area contributed by atoms with E-state index in [4.69, 9.17) is 0 Å². The van der Waals surface area contributed by atoms with Crippen LogP contribution in [0.3, 0.4) is 0 Å². The molecule has 2 aromatic rings. The van der Waals surface area contributed by atoms with Crippen molar-refractivity contribution in [3.8, 4) is 0 Å². The van der Waals surface area contributed by atoms with Crippen LogP contribution in [-0.4, -0.2) is 7.05 Å². The minimum Gasteiger partial charge on any atom is -0.312 e. The molecule has 0 radical (unpaired) electrons. The van der Waals surface area contributed by atoms with E-state index in [2.05, 4.69) is 79.5 Å². The maximum Gasteiger partial charge on any atom is 0.0453 e. The minimum atomic E-state index is 0.395. The van der Waals surface area contributed by atoms with E-state index in [0.717, 1.165) is 6.42 Å². The van der Waals surface area contributed by atoms with Gasteiger partial charge in [0.2, 0.25) is 0 Å². The summed E-state index contributed by atoms with van der Waals surface area (Å²) in [6, 6.07) is 11.3. The fourth-order valence-corrected chi connectivity index (χ4v) is 3.63. The second-order valence-corrected chi connectivity index (χ2v) is 6.94. The second-order valence-electron chi connectivity index (χ2n) is 3.84. The molecule has 0 fully saturated rings. The van der Waals surface area contributed by atoms with Gasteiger partial charge in [-0.05, 0) is 75.8 Å². The summed E-state index contributed by atoms with van der Waals surface area (Å²) in [5.74, 6) is 0. The van der Waals surface area contributed by atoms with Gasteiger partial charge in [0.25, 0.3) is 0 Å². The highest BCUT2D eigenvalue weighted by Crippen LogP contribution is 2.27. The summed E-state index contributed by atoms with van der Waals surface area (Å²) >= 11 is 7.63. The van der Waals surface area contributed by atoms with Crippen LogP contribution in [0.2, 0.25) is 0 Å². The zero-order valence-electron chi connectivity index (χ0n) is 9.41. The van der Waals surface area contributed by atoms with E-state index in [-0.39, 0.29) is 0 Å². The van der Waals surface area contributed by atoms with Gasteiger partial charge >= 0.3 is 0 Å². The van der Waals surface area contributed by atoms with Crippen molar-refractivity contribution in [1.29, 1.82) is 0 Å². The zero-order valence-corrected chi connectivity index (χ0v) is 14.0. The van der Waals surface area contributed by atoms with E-state index >= 15 is 0 Å². The molecule has 0 saturated carbocycles. The molecule has 0 saturated heterocycles. The first-order valence-electron chi connectivity index (χ1n) is 5.34. The Hall–Kier alpha value is 0.0900. The van der Waals surface area contributed by atoms with Crippen LogP contribution in [-0.2, 0) is 6.42 Å². The van der Waals surface area contributed by atoms with Crippen molar-refractivity contribution in [2.45, 2.75) is 12.5 Å². The lowest BCUT2D eigenvalue weighted by atomic mass is 10.1. The number of thiophene rings is 1. The Bertz CT molecular complexity index is 480. The molecule has 0 amide bonds. The Balaban J connectivity index is 2.12. The van der Waals surface area contributed by atoms with Crippen LogP contribution in [0.1, 0.15) is 16.5 Å². The average molecular weight is 422 g/mol. The molecule has 1 heterocycles. The Morgan fingerprint density at radius 3 is 2.59 bits per heavy atom. The molecule has 2 rings (SSSR count). The summed E-state index contributed by atoms with van der Waals surface area (Å²) in [6.07, 6.45) is 1.03. The zero-order chi connectivity index (χ0) is 12.3. The topological polar surface area (TPSA) is 12.0 Å². The van der Waals surface area contributed by atoms with Crippen molar-refractivity contribution < 1.29 is 0 Å². The normalized spacial score (nSPS) is 12.6. The Morgan fingerprint density at radius 2 is 2.06 bits per heavy atom. The number of likely N-dealkylation sites (N-methyl/N-ethyl adjacent to an activating group) is 1. The molecule has 90 valence electrons. The molecule has 1 atom stereocenters. The van der Waals surface area contributed by atoms with Crippen LogP contribution in [0.5, 0.6) is 0 Å². The summed E-state index contributed by atoms with van der Waals surface area (Å²) in [6.45, 7) is 0. The van der Waals surface area contributed by atoms with Gasteiger partial charge in [-0.25, -0.2) is 0 Å². The van der Waals surface area contributed by atoms with Crippen molar-refractivity contribution in [3.63, 3.8) is 0 Å². The van der Waals surface area contributed by atoms with Gasteiger partial charge in [-0.15, -0.1) is 11.3 Å². The van der Waals surface area contributed by atoms with E-state index < -0.39 is 0 Å². The number of benzene rings is 1. The predicted octanol–water partition coefficient (Wildman–Crippen LogP) is 4.62. The quantitative estimate of drug-likeness (QED) is 0.710. The standard InChI is InChI=1S/C13H13BrINS/c1-16-12(13-7-10(14)8-17-13)6-9-2-4-11(15)5-3-9/h2-5,7-8,12,16H,6H2,1H3. The molecular weight excluding hydrogens is 409 g/mol. The van der Waals surface area contributed by atoms with Crippen LogP contribution in [0, 0.1) is 3.57 Å². The molecule has 0 bridgehead atoms. The lowest BCUT2D eigenvalue weighted by Gasteiger charge is -2.14. The predicted molar refractivity (Wildman–Crippen MR) is 86.7 cm³/mol. The van der Waals surface area contributed by atoms with Gasteiger partial charge in [0.15, 0.2) is 0 Å². The summed E-state index contributed by atoms with van der Waals surface area (Å²) in [7, 11) is 2.02. The van der Waals surface area contributed by atoms with Gasteiger partial charge in [-0.2, -0.15) is 0 Å². The molecule has 0 spiro atoms. The van der Waals surface area contributed by atoms with E-state index in [0.29, 0.717) is 6.04 Å². The molecular formula is C13H13BrINS. The first-order chi connectivity index (χ1) is 8.19. The third-order valence-electron chi connectivity index (χ3n) is 2.63. The highest BCUT2D eigenvalue weighted by Gasteiger charge is 2.12. The molecule has 1 nitrogen and oxygen atoms in total. The second kappa shape index (κ2) is 6.31. The van der Waals surface area contributed by atoms with Crippen molar-refractivity contribution in [3.05, 3.63) is 54.2 Å². The third-order valence-corrected chi connectivity index (χ3v) is 5.16. The molecule has 1 unspecified atom stereocenters. The number of rotatable bonds is 4. The molecule has 1 aromatic carbocycles. The number of hydrogen-bond acceptors (Lipinski definition) is 2. The number of nitrogens with one attached hydrogen (secondary N) is 1. The lowest BCUT2D eigenvalue weighted by molar-refractivity contribution is 0.602. The smallest absolute Gasteiger partial charge is 0.0453 e. The maximum absolute atomic E-state index is 3.51. The van der Waals surface area contributed by atoms with Crippen LogP contribution in [0.4, 0.5) is 0 Å². The fraction of sp³-hybridized carbons (Fsp3) is 0.231. The van der Waals surface area contributed by atoms with Gasteiger partial charge in [-0.3, -0.25) is 0 Å². The molecule has 0 aliphatic rings. The molecule has 4 heteroatoms. The SMILES string of the molecule is CNC(Cc1ccc(I)cc1)c1cc(Br)cs1. The fourth-order valence-electron chi connectivity index (χ4n) is 1.71. The van der Waals surface area contributed by atoms with E-state index in [9.17, 15) is 0 Å². The van der Waals surface area contributed by atoms with Crippen LogP contribution in [0.15, 0.2) is 40.2 Å². The summed E-state index contributed by atoms with van der Waals surface area (Å²) in [5.41, 5.74) is 1.37. The number of hydrogen-bond donors (Lipinski definition) is 1. The van der Waals surface area contributed by atoms with Gasteiger partial charge in [0.1, 0.15) is 0 Å². The Morgan fingerprint density at radius 1 is 1.35 bits per heavy atom. The average Bonchev–Trinajstić information content (AvgIpc) is 2.75. The van der Waals surface area contributed by atoms with Crippen molar-refractivity contribution in [1.82, 2.24) is 5.32 Å². The van der Waals surface area contributed by atoms with E-state index in [1.165, 1.54) is 18.5 Å². The highest BCUT2D eigenvalue weighted by atomic mass is 127. The van der Waals surface area contributed by atoms with Gasteiger partial charge < -0.3 is 5.32 Å². The van der Waals surface area contributed by atoms with Crippen molar-refractivity contribution in [2.24, 2.45) is 0 Å². The van der Waals surface area contributed by atoms with Gasteiger partial charge in [0, 0.05) is 24.3 Å². The molecule has 1 N–H and O–H groups in total. The van der Waals surface area contributed by atoms with Gasteiger partial charge in [-0.1, -0.05) is 12.1 Å². The van der Waals surface area contributed by atoms with Gasteiger partial charge in [0.05, 0.1) is 0 Å². The van der Waals surface area contributed by atoms with E-state index in [1.807, 2.05) is 7.05 Å². The van der Waals surface area contributed by atoms with Crippen molar-refractivity contribution in [2.75, 3.05) is 7.05 Å². The van der Waals surface area contributed by atoms with Crippen LogP contribution < -0.4 is 5.32 Å².